The van der Waals surface area contributed by atoms with Gasteiger partial charge >= 0.3 is 11.9 Å². The summed E-state index contributed by atoms with van der Waals surface area (Å²) in [5, 5.41) is 12.7. The van der Waals surface area contributed by atoms with Crippen LogP contribution in [-0.4, -0.2) is 230 Å². The third-order valence-corrected chi connectivity index (χ3v) is 21.7. The molecule has 0 aliphatic carbocycles. The summed E-state index contributed by atoms with van der Waals surface area (Å²) in [5.41, 5.74) is 3.16. The number of hydrogen-bond acceptors (Lipinski definition) is 20. The maximum absolute atomic E-state index is 15.9. The molecule has 1 unspecified atom stereocenters. The zero-order valence-corrected chi connectivity index (χ0v) is 65.4. The molecule has 17 atom stereocenters. The second-order valence-corrected chi connectivity index (χ2v) is 28.8. The van der Waals surface area contributed by atoms with E-state index in [2.05, 4.69) is 36.2 Å². The molecule has 26 nitrogen and oxygen atoms in total. The number of likely N-dealkylation sites (tertiary alicyclic amines) is 2. The Morgan fingerprint density at radius 2 is 1.06 bits per heavy atom. The normalized spacial score (nSPS) is 18.8. The van der Waals surface area contributed by atoms with Crippen molar-refractivity contribution in [3.8, 4) is 0 Å². The number of aromatic nitrogens is 4. The molecule has 105 heavy (non-hydrogen) atoms. The third kappa shape index (κ3) is 23.2. The number of methoxy groups -OCH3 is 6. The van der Waals surface area contributed by atoms with Gasteiger partial charge in [-0.25, -0.2) is 29.5 Å². The van der Waals surface area contributed by atoms with E-state index >= 15 is 14.4 Å². The van der Waals surface area contributed by atoms with Crippen molar-refractivity contribution in [2.45, 2.75) is 225 Å². The van der Waals surface area contributed by atoms with E-state index in [1.807, 2.05) is 122 Å². The molecule has 2 aromatic heterocycles. The Balaban J connectivity index is 1.29. The molecule has 0 spiro atoms. The van der Waals surface area contributed by atoms with Crippen LogP contribution in [0.4, 0.5) is 11.8 Å². The smallest absolute Gasteiger partial charge is 0.328 e. The first-order valence-corrected chi connectivity index (χ1v) is 37.5. The Kier molecular flexibility index (Phi) is 34.5. The van der Waals surface area contributed by atoms with E-state index in [4.69, 9.17) is 33.4 Å². The van der Waals surface area contributed by atoms with Crippen LogP contribution in [0.25, 0.3) is 0 Å². The molecule has 0 radical (unpaired) electrons. The average Bonchev–Trinajstić information content (AvgIpc) is 1.79. The zero-order chi connectivity index (χ0) is 77.2. The molecule has 2 aromatic carbocycles. The van der Waals surface area contributed by atoms with Crippen LogP contribution >= 0.6 is 0 Å². The van der Waals surface area contributed by atoms with Gasteiger partial charge in [-0.1, -0.05) is 136 Å². The number of carbonyl (C=O) groups excluding carboxylic acids is 8. The first-order valence-electron chi connectivity index (χ1n) is 37.5. The van der Waals surface area contributed by atoms with Gasteiger partial charge in [0.05, 0.1) is 87.5 Å². The fourth-order valence-electron chi connectivity index (χ4n) is 15.4. The molecule has 2 aliphatic rings. The number of likely N-dealkylation sites (N-methyl/N-ethyl adjacent to an activating group) is 2. The number of rotatable bonds is 42. The molecule has 4 heterocycles. The predicted octanol–water partition coefficient (Wildman–Crippen LogP) is 8.09. The summed E-state index contributed by atoms with van der Waals surface area (Å²) in [6, 6.07) is 16.3. The highest BCUT2D eigenvalue weighted by Crippen LogP contribution is 2.35. The molecule has 580 valence electrons. The summed E-state index contributed by atoms with van der Waals surface area (Å²) in [6.07, 6.45) is 5.19. The van der Waals surface area contributed by atoms with Crippen LogP contribution in [0, 0.1) is 42.4 Å². The van der Waals surface area contributed by atoms with Gasteiger partial charge in [-0.3, -0.25) is 28.8 Å². The number of nitrogens with zero attached hydrogens (tertiary/aromatic N) is 8. The molecule has 2 fully saturated rings. The average molecular weight is 1460 g/mol. The SMILES string of the molecule is CCc1ccnc(N[C@H](C(=O)N(C)[C@@H]([C@@H](C)CC)[C@@H](CC(=O)N2CCC[C@H]2[C@H](OC)[C@@H](C)C(=O)N[C@@H](Cc2ccccc2)C(=O)OC)OC)C(C)CC[C@@H](CC)[C@@H]([C@@H](CC(=O)N2CCC[C@H]2[C@H](OC)[C@@H](C)C(=O)N[C@@H](Cc2ccccc2)C(=O)OC)OC)N(C)C(=O)[C@@H](Nc2cc(C)ncn2)C(C)C)n1. The lowest BCUT2D eigenvalue weighted by atomic mass is 9.82. The van der Waals surface area contributed by atoms with Crippen LogP contribution < -0.4 is 21.3 Å². The minimum Gasteiger partial charge on any atom is -0.467 e. The van der Waals surface area contributed by atoms with Gasteiger partial charge in [-0.2, -0.15) is 0 Å². The largest absolute Gasteiger partial charge is 0.467 e. The Morgan fingerprint density at radius 1 is 0.571 bits per heavy atom. The van der Waals surface area contributed by atoms with Crippen LogP contribution in [-0.2, 0) is 86.0 Å². The van der Waals surface area contributed by atoms with Crippen LogP contribution in [0.3, 0.4) is 0 Å². The lowest BCUT2D eigenvalue weighted by Crippen LogP contribution is -2.57. The van der Waals surface area contributed by atoms with Crippen molar-refractivity contribution in [1.82, 2.24) is 50.2 Å². The van der Waals surface area contributed by atoms with Crippen molar-refractivity contribution < 1.29 is 66.8 Å². The second kappa shape index (κ2) is 42.2. The molecule has 4 N–H and O–H groups in total. The Hall–Kier alpha value is -8.20. The first kappa shape index (κ1) is 85.7. The summed E-state index contributed by atoms with van der Waals surface area (Å²) < 4.78 is 35.2. The fourth-order valence-corrected chi connectivity index (χ4v) is 15.4. The van der Waals surface area contributed by atoms with E-state index in [1.165, 1.54) is 34.8 Å². The van der Waals surface area contributed by atoms with E-state index in [0.717, 1.165) is 16.8 Å². The predicted molar refractivity (Wildman–Crippen MR) is 401 cm³/mol. The van der Waals surface area contributed by atoms with Gasteiger partial charge in [0.2, 0.25) is 41.4 Å². The molecular weight excluding hydrogens is 1340 g/mol. The van der Waals surface area contributed by atoms with Crippen molar-refractivity contribution >= 4 is 59.1 Å². The molecule has 4 aromatic rings. The second-order valence-electron chi connectivity index (χ2n) is 28.8. The number of esters is 2. The number of aryl methyl sites for hydroxylation is 2. The molecule has 2 aliphatic heterocycles. The van der Waals surface area contributed by atoms with E-state index < -0.39 is 114 Å². The number of carbonyl (C=O) groups is 8. The minimum absolute atomic E-state index is 0.0929. The highest BCUT2D eigenvalue weighted by Gasteiger charge is 2.47. The maximum atomic E-state index is 15.9. The molecular formula is C79H120N12O14. The number of hydrogen-bond donors (Lipinski definition) is 4. The zero-order valence-electron chi connectivity index (χ0n) is 65.4. The quantitative estimate of drug-likeness (QED) is 0.0305. The van der Waals surface area contributed by atoms with Crippen LogP contribution in [0.2, 0.25) is 0 Å². The van der Waals surface area contributed by atoms with Crippen LogP contribution in [0.15, 0.2) is 85.3 Å². The van der Waals surface area contributed by atoms with Gasteiger partial charge in [-0.05, 0) is 92.7 Å². The number of ether oxygens (including phenoxy) is 6. The Labute approximate surface area is 622 Å². The monoisotopic (exact) mass is 1460 g/mol. The van der Waals surface area contributed by atoms with Crippen molar-refractivity contribution in [2.75, 3.05) is 80.5 Å². The van der Waals surface area contributed by atoms with Crippen molar-refractivity contribution in [3.63, 3.8) is 0 Å². The van der Waals surface area contributed by atoms with E-state index in [0.29, 0.717) is 82.4 Å². The van der Waals surface area contributed by atoms with Gasteiger partial charge in [-0.15, -0.1) is 0 Å². The number of nitrogens with one attached hydrogen (secondary N) is 4. The standard InChI is InChI=1S/C79H120N12O14/c1-19-49(6)69(62(100-13)45-65(92)90-40-28-34-60(90)71(102-15)52(9)73(94)84-58(77(98)104-17)43-54-30-24-22-25-31-54)88(11)76(97)68(87-79-80-39-38-57(21-3)83-79)50(7)36-37-56(20-2)70(89(12)75(96)67(48(4)5)86-64-42-51(8)81-47-82-64)63(101-14)46-66(93)91-41-29-35-61(91)72(103-16)53(10)74(95)85-59(78(99)105-18)44-55-32-26-23-27-33-55/h22-27,30-33,38-39,42,47-50,52-53,56,58-63,67-72H,19-21,28-29,34-37,40-41,43-46H2,1-18H3,(H,84,94)(H,85,95)(H,80,83,87)(H,81,82,86)/t49-,50?,52+,53+,56+,58-,59-,60-,61-,62+,63+,67-,68-,69-,70-,71+,72+/m0/s1. The maximum Gasteiger partial charge on any atom is 0.328 e. The molecule has 0 saturated carbocycles. The Morgan fingerprint density at radius 3 is 1.50 bits per heavy atom. The Bertz CT molecular complexity index is 3410. The highest BCUT2D eigenvalue weighted by molar-refractivity contribution is 5.88. The van der Waals surface area contributed by atoms with E-state index in [-0.39, 0.29) is 73.0 Å². The summed E-state index contributed by atoms with van der Waals surface area (Å²) in [6.45, 7) is 20.1. The van der Waals surface area contributed by atoms with Gasteiger partial charge < -0.3 is 69.3 Å². The lowest BCUT2D eigenvalue weighted by molar-refractivity contribution is -0.148. The lowest BCUT2D eigenvalue weighted by Gasteiger charge is -2.42. The number of benzene rings is 2. The summed E-state index contributed by atoms with van der Waals surface area (Å²) in [5.74, 6) is -5.09. The molecule has 0 bridgehead atoms. The van der Waals surface area contributed by atoms with E-state index in [9.17, 15) is 24.0 Å². The molecule has 6 amide bonds. The van der Waals surface area contributed by atoms with Gasteiger partial charge in [0.25, 0.3) is 0 Å². The fraction of sp³-hybridized carbons (Fsp3) is 0.646. The van der Waals surface area contributed by atoms with Gasteiger partial charge in [0.1, 0.15) is 36.3 Å². The van der Waals surface area contributed by atoms with Gasteiger partial charge in [0.15, 0.2) is 0 Å². The van der Waals surface area contributed by atoms with Crippen molar-refractivity contribution in [1.29, 1.82) is 0 Å². The topological polar surface area (TPSA) is 305 Å². The van der Waals surface area contributed by atoms with E-state index in [1.54, 1.807) is 74.0 Å². The molecule has 6 rings (SSSR count). The minimum atomic E-state index is -0.972. The van der Waals surface area contributed by atoms with Crippen LogP contribution in [0.1, 0.15) is 149 Å². The number of amides is 6. The first-order chi connectivity index (χ1) is 50.2. The molecule has 2 saturated heterocycles. The summed E-state index contributed by atoms with van der Waals surface area (Å²) in [7, 11) is 12.2. The summed E-state index contributed by atoms with van der Waals surface area (Å²) in [4.78, 5) is 141. The number of anilines is 2. The van der Waals surface area contributed by atoms with Crippen LogP contribution in [0.5, 0.6) is 0 Å². The third-order valence-electron chi connectivity index (χ3n) is 21.7. The van der Waals surface area contributed by atoms with Crippen molar-refractivity contribution in [3.05, 3.63) is 108 Å². The summed E-state index contributed by atoms with van der Waals surface area (Å²) >= 11 is 0. The highest BCUT2D eigenvalue weighted by atomic mass is 16.5. The van der Waals surface area contributed by atoms with Crippen molar-refractivity contribution in [2.24, 2.45) is 35.5 Å². The molecule has 26 heteroatoms. The van der Waals surface area contributed by atoms with Gasteiger partial charge in [0, 0.05) is 92.1 Å².